The number of esters is 2. The first-order chi connectivity index (χ1) is 9.39. The van der Waals surface area contributed by atoms with Crippen LogP contribution in [-0.2, 0) is 23.8 Å². The third kappa shape index (κ3) is 5.12. The fraction of sp³-hybridized carbons (Fsp3) is 0.867. The molecule has 0 spiro atoms. The minimum atomic E-state index is -0.808. The maximum absolute atomic E-state index is 12.1. The number of methoxy groups -OCH3 is 1. The Morgan fingerprint density at radius 2 is 2.05 bits per heavy atom. The zero-order chi connectivity index (χ0) is 15.2. The average molecular weight is 286 g/mol. The minimum absolute atomic E-state index is 0.0265. The van der Waals surface area contributed by atoms with E-state index in [1.54, 1.807) is 6.92 Å². The molecule has 0 radical (unpaired) electrons. The van der Waals surface area contributed by atoms with E-state index in [0.29, 0.717) is 0 Å². The molecule has 0 bridgehead atoms. The summed E-state index contributed by atoms with van der Waals surface area (Å²) in [4.78, 5) is 23.7. The number of hydrogen-bond acceptors (Lipinski definition) is 5. The third-order valence-electron chi connectivity index (χ3n) is 3.71. The van der Waals surface area contributed by atoms with Crippen LogP contribution in [-0.4, -0.2) is 38.4 Å². The van der Waals surface area contributed by atoms with E-state index in [1.165, 1.54) is 7.11 Å². The lowest BCUT2D eigenvalue weighted by Gasteiger charge is -2.37. The van der Waals surface area contributed by atoms with Gasteiger partial charge in [-0.2, -0.15) is 0 Å². The summed E-state index contributed by atoms with van der Waals surface area (Å²) < 4.78 is 15.1. The van der Waals surface area contributed by atoms with Crippen LogP contribution in [0, 0.1) is 11.3 Å². The van der Waals surface area contributed by atoms with E-state index in [1.807, 2.05) is 0 Å². The lowest BCUT2D eigenvalue weighted by Crippen LogP contribution is -2.40. The highest BCUT2D eigenvalue weighted by Crippen LogP contribution is 2.40. The van der Waals surface area contributed by atoms with Crippen molar-refractivity contribution in [2.45, 2.75) is 52.6 Å². The van der Waals surface area contributed by atoms with Gasteiger partial charge in [0.25, 0.3) is 0 Å². The molecule has 5 heteroatoms. The molecule has 1 saturated carbocycles. The Balaban J connectivity index is 2.75. The second-order valence-corrected chi connectivity index (χ2v) is 6.12. The molecular weight excluding hydrogens is 260 g/mol. The van der Waals surface area contributed by atoms with Gasteiger partial charge in [-0.15, -0.1) is 0 Å². The van der Waals surface area contributed by atoms with Gasteiger partial charge in [-0.25, -0.2) is 9.59 Å². The Morgan fingerprint density at radius 3 is 2.60 bits per heavy atom. The van der Waals surface area contributed by atoms with E-state index < -0.39 is 18.0 Å². The normalized spacial score (nSPS) is 22.9. The second-order valence-electron chi connectivity index (χ2n) is 6.12. The van der Waals surface area contributed by atoms with E-state index in [2.05, 4.69) is 13.8 Å². The maximum Gasteiger partial charge on any atom is 0.347 e. The Labute approximate surface area is 121 Å². The average Bonchev–Trinajstić information content (AvgIpc) is 2.35. The molecule has 5 nitrogen and oxygen atoms in total. The van der Waals surface area contributed by atoms with Gasteiger partial charge < -0.3 is 14.2 Å². The monoisotopic (exact) mass is 286 g/mol. The van der Waals surface area contributed by atoms with Crippen LogP contribution >= 0.6 is 0 Å². The molecule has 0 saturated heterocycles. The van der Waals surface area contributed by atoms with Crippen molar-refractivity contribution in [3.63, 3.8) is 0 Å². The molecule has 20 heavy (non-hydrogen) atoms. The molecule has 2 atom stereocenters. The quantitative estimate of drug-likeness (QED) is 0.701. The van der Waals surface area contributed by atoms with Crippen LogP contribution in [0.2, 0.25) is 0 Å². The van der Waals surface area contributed by atoms with Crippen LogP contribution in [0.1, 0.15) is 46.5 Å². The summed E-state index contributed by atoms with van der Waals surface area (Å²) in [5.74, 6) is -0.938. The second kappa shape index (κ2) is 7.62. The molecule has 0 aromatic carbocycles. The van der Waals surface area contributed by atoms with Crippen LogP contribution in [0.15, 0.2) is 0 Å². The van der Waals surface area contributed by atoms with Crippen molar-refractivity contribution in [1.29, 1.82) is 0 Å². The van der Waals surface area contributed by atoms with Gasteiger partial charge >= 0.3 is 11.9 Å². The molecule has 0 aromatic rings. The molecule has 1 aliphatic rings. The first kappa shape index (κ1) is 17.0. The van der Waals surface area contributed by atoms with E-state index in [-0.39, 0.29) is 24.5 Å². The number of rotatable bonds is 6. The van der Waals surface area contributed by atoms with Crippen LogP contribution in [0.5, 0.6) is 0 Å². The predicted molar refractivity (Wildman–Crippen MR) is 74.1 cm³/mol. The summed E-state index contributed by atoms with van der Waals surface area (Å²) >= 11 is 0. The SMILES string of the molecule is CCOC(=O)C(OC(=O)COC)C1CCCC(C)(C)C1. The highest BCUT2D eigenvalue weighted by Gasteiger charge is 2.39. The predicted octanol–water partition coefficient (Wildman–Crippen LogP) is 2.32. The zero-order valence-corrected chi connectivity index (χ0v) is 12.9. The van der Waals surface area contributed by atoms with Crippen LogP contribution in [0.4, 0.5) is 0 Å². The molecule has 0 aliphatic heterocycles. The van der Waals surface area contributed by atoms with Gasteiger partial charge in [0, 0.05) is 13.0 Å². The van der Waals surface area contributed by atoms with Crippen molar-refractivity contribution in [3.8, 4) is 0 Å². The molecule has 116 valence electrons. The smallest absolute Gasteiger partial charge is 0.347 e. The van der Waals surface area contributed by atoms with Gasteiger partial charge in [0.1, 0.15) is 6.61 Å². The van der Waals surface area contributed by atoms with Gasteiger partial charge in [-0.1, -0.05) is 20.3 Å². The van der Waals surface area contributed by atoms with Crippen molar-refractivity contribution >= 4 is 11.9 Å². The highest BCUT2D eigenvalue weighted by molar-refractivity contribution is 5.80. The summed E-state index contributed by atoms with van der Waals surface area (Å²) in [6, 6.07) is 0. The molecule has 1 aliphatic carbocycles. The minimum Gasteiger partial charge on any atom is -0.463 e. The molecule has 1 fully saturated rings. The fourth-order valence-electron chi connectivity index (χ4n) is 2.87. The van der Waals surface area contributed by atoms with Crippen LogP contribution in [0.25, 0.3) is 0 Å². The van der Waals surface area contributed by atoms with Crippen molar-refractivity contribution in [3.05, 3.63) is 0 Å². The molecule has 1 rings (SSSR count). The summed E-state index contributed by atoms with van der Waals surface area (Å²) in [7, 11) is 1.42. The Hall–Kier alpha value is -1.10. The highest BCUT2D eigenvalue weighted by atomic mass is 16.6. The van der Waals surface area contributed by atoms with Gasteiger partial charge in [0.15, 0.2) is 0 Å². The summed E-state index contributed by atoms with van der Waals surface area (Å²) in [5, 5.41) is 0. The third-order valence-corrected chi connectivity index (χ3v) is 3.71. The van der Waals surface area contributed by atoms with Crippen molar-refractivity contribution < 1.29 is 23.8 Å². The van der Waals surface area contributed by atoms with Gasteiger partial charge in [-0.05, 0) is 31.6 Å². The summed E-state index contributed by atoms with van der Waals surface area (Å²) in [6.07, 6.45) is 3.10. The standard InChI is InChI=1S/C15H26O5/c1-5-19-14(17)13(20-12(16)10-18-4)11-7-6-8-15(2,3)9-11/h11,13H,5-10H2,1-4H3. The number of carbonyl (C=O) groups excluding carboxylic acids is 2. The van der Waals surface area contributed by atoms with E-state index in [9.17, 15) is 9.59 Å². The zero-order valence-electron chi connectivity index (χ0n) is 12.9. The van der Waals surface area contributed by atoms with Crippen molar-refractivity contribution in [1.82, 2.24) is 0 Å². The van der Waals surface area contributed by atoms with Gasteiger partial charge in [0.05, 0.1) is 6.61 Å². The first-order valence-electron chi connectivity index (χ1n) is 7.24. The largest absolute Gasteiger partial charge is 0.463 e. The van der Waals surface area contributed by atoms with Crippen LogP contribution in [0.3, 0.4) is 0 Å². The van der Waals surface area contributed by atoms with Crippen molar-refractivity contribution in [2.75, 3.05) is 20.3 Å². The van der Waals surface area contributed by atoms with E-state index >= 15 is 0 Å². The fourth-order valence-corrected chi connectivity index (χ4v) is 2.87. The molecule has 0 heterocycles. The van der Waals surface area contributed by atoms with E-state index in [4.69, 9.17) is 14.2 Å². The molecule has 0 amide bonds. The molecule has 2 unspecified atom stereocenters. The first-order valence-corrected chi connectivity index (χ1v) is 7.24. The maximum atomic E-state index is 12.1. The van der Waals surface area contributed by atoms with Crippen LogP contribution < -0.4 is 0 Å². The summed E-state index contributed by atoms with van der Waals surface area (Å²) in [5.41, 5.74) is 0.168. The van der Waals surface area contributed by atoms with E-state index in [0.717, 1.165) is 25.7 Å². The molecular formula is C15H26O5. The Bertz CT molecular complexity index is 337. The number of carbonyl (C=O) groups is 2. The lowest BCUT2D eigenvalue weighted by molar-refractivity contribution is -0.175. The summed E-state index contributed by atoms with van der Waals surface area (Å²) in [6.45, 7) is 6.24. The topological polar surface area (TPSA) is 61.8 Å². The molecule has 0 N–H and O–H groups in total. The lowest BCUT2D eigenvalue weighted by atomic mass is 9.70. The Kier molecular flexibility index (Phi) is 6.46. The molecule has 0 aromatic heterocycles. The van der Waals surface area contributed by atoms with Gasteiger partial charge in [-0.3, -0.25) is 0 Å². The number of hydrogen-bond donors (Lipinski definition) is 0. The Morgan fingerprint density at radius 1 is 1.35 bits per heavy atom. The number of ether oxygens (including phenoxy) is 3. The van der Waals surface area contributed by atoms with Crippen molar-refractivity contribution in [2.24, 2.45) is 11.3 Å². The van der Waals surface area contributed by atoms with Gasteiger partial charge in [0.2, 0.25) is 6.10 Å².